The standard InChI is InChI=1S/C12H15NOS/c14-12(5-6-15)13-11-7-9-3-1-2-4-10(9)8-11/h1-4,11,15H,5-8H2,(H,13,14). The number of carbonyl (C=O) groups is 1. The van der Waals surface area contributed by atoms with E-state index in [1.807, 2.05) is 0 Å². The average Bonchev–Trinajstić information content (AvgIpc) is 2.59. The van der Waals surface area contributed by atoms with Gasteiger partial charge in [-0.25, -0.2) is 0 Å². The van der Waals surface area contributed by atoms with Crippen LogP contribution in [0.5, 0.6) is 0 Å². The molecule has 0 spiro atoms. The summed E-state index contributed by atoms with van der Waals surface area (Å²) in [4.78, 5) is 11.4. The van der Waals surface area contributed by atoms with Crippen molar-refractivity contribution in [2.24, 2.45) is 0 Å². The maximum atomic E-state index is 11.4. The van der Waals surface area contributed by atoms with E-state index in [0.29, 0.717) is 12.2 Å². The van der Waals surface area contributed by atoms with E-state index in [4.69, 9.17) is 0 Å². The summed E-state index contributed by atoms with van der Waals surface area (Å²) in [5.74, 6) is 0.730. The summed E-state index contributed by atoms with van der Waals surface area (Å²) >= 11 is 4.05. The van der Waals surface area contributed by atoms with E-state index < -0.39 is 0 Å². The second-order valence-electron chi connectivity index (χ2n) is 3.92. The first-order valence-electron chi connectivity index (χ1n) is 5.26. The fourth-order valence-electron chi connectivity index (χ4n) is 2.06. The highest BCUT2D eigenvalue weighted by molar-refractivity contribution is 7.80. The maximum Gasteiger partial charge on any atom is 0.221 e. The molecular weight excluding hydrogens is 206 g/mol. The number of rotatable bonds is 3. The summed E-state index contributed by atoms with van der Waals surface area (Å²) in [6.07, 6.45) is 2.44. The van der Waals surface area contributed by atoms with Gasteiger partial charge in [0.05, 0.1) is 0 Å². The van der Waals surface area contributed by atoms with Gasteiger partial charge < -0.3 is 5.32 Å². The third kappa shape index (κ3) is 2.53. The van der Waals surface area contributed by atoms with Gasteiger partial charge in [-0.05, 0) is 29.7 Å². The summed E-state index contributed by atoms with van der Waals surface area (Å²) in [7, 11) is 0. The molecule has 0 atom stereocenters. The molecule has 0 saturated carbocycles. The maximum absolute atomic E-state index is 11.4. The molecule has 0 aromatic heterocycles. The Morgan fingerprint density at radius 2 is 1.93 bits per heavy atom. The van der Waals surface area contributed by atoms with Gasteiger partial charge in [0.15, 0.2) is 0 Å². The third-order valence-electron chi connectivity index (χ3n) is 2.75. The molecule has 0 aliphatic heterocycles. The fourth-order valence-corrected chi connectivity index (χ4v) is 2.27. The lowest BCUT2D eigenvalue weighted by atomic mass is 10.1. The SMILES string of the molecule is O=C(CCS)NC1Cc2ccccc2C1. The van der Waals surface area contributed by atoms with E-state index >= 15 is 0 Å². The molecule has 3 heteroatoms. The first kappa shape index (κ1) is 10.6. The Morgan fingerprint density at radius 1 is 1.33 bits per heavy atom. The molecule has 0 heterocycles. The van der Waals surface area contributed by atoms with Gasteiger partial charge in [-0.2, -0.15) is 12.6 Å². The summed E-state index contributed by atoms with van der Waals surface area (Å²) in [6.45, 7) is 0. The van der Waals surface area contributed by atoms with Crippen molar-refractivity contribution in [3.05, 3.63) is 35.4 Å². The molecule has 0 bridgehead atoms. The lowest BCUT2D eigenvalue weighted by molar-refractivity contribution is -0.121. The number of thiol groups is 1. The van der Waals surface area contributed by atoms with E-state index in [-0.39, 0.29) is 11.9 Å². The zero-order chi connectivity index (χ0) is 10.7. The molecule has 15 heavy (non-hydrogen) atoms. The minimum atomic E-state index is 0.114. The number of fused-ring (bicyclic) bond motifs is 1. The van der Waals surface area contributed by atoms with Crippen LogP contribution in [0.4, 0.5) is 0 Å². The topological polar surface area (TPSA) is 29.1 Å². The normalized spacial score (nSPS) is 15.0. The van der Waals surface area contributed by atoms with Gasteiger partial charge >= 0.3 is 0 Å². The zero-order valence-electron chi connectivity index (χ0n) is 8.57. The quantitative estimate of drug-likeness (QED) is 0.746. The van der Waals surface area contributed by atoms with Crippen molar-refractivity contribution in [3.8, 4) is 0 Å². The highest BCUT2D eigenvalue weighted by atomic mass is 32.1. The number of amides is 1. The van der Waals surface area contributed by atoms with Crippen molar-refractivity contribution < 1.29 is 4.79 Å². The number of hydrogen-bond acceptors (Lipinski definition) is 2. The predicted octanol–water partition coefficient (Wildman–Crippen LogP) is 1.59. The molecule has 0 fully saturated rings. The van der Waals surface area contributed by atoms with Gasteiger partial charge in [0, 0.05) is 12.5 Å². The number of hydrogen-bond donors (Lipinski definition) is 2. The van der Waals surface area contributed by atoms with Crippen molar-refractivity contribution in [1.29, 1.82) is 0 Å². The van der Waals surface area contributed by atoms with Crippen LogP contribution in [0.1, 0.15) is 17.5 Å². The summed E-state index contributed by atoms with van der Waals surface area (Å²) < 4.78 is 0. The Bertz CT molecular complexity index is 339. The van der Waals surface area contributed by atoms with Crippen molar-refractivity contribution in [2.75, 3.05) is 5.75 Å². The van der Waals surface area contributed by atoms with Gasteiger partial charge in [0.2, 0.25) is 5.91 Å². The Kier molecular flexibility index (Phi) is 3.31. The molecule has 2 nitrogen and oxygen atoms in total. The van der Waals surface area contributed by atoms with Gasteiger partial charge in [-0.1, -0.05) is 24.3 Å². The molecule has 0 unspecified atom stereocenters. The second kappa shape index (κ2) is 4.71. The molecule has 1 amide bonds. The van der Waals surface area contributed by atoms with E-state index in [2.05, 4.69) is 42.2 Å². The van der Waals surface area contributed by atoms with Gasteiger partial charge in [0.1, 0.15) is 0 Å². The number of carbonyl (C=O) groups excluding carboxylic acids is 1. The van der Waals surface area contributed by atoms with E-state index in [1.165, 1.54) is 11.1 Å². The molecule has 80 valence electrons. The van der Waals surface area contributed by atoms with Crippen LogP contribution in [-0.2, 0) is 17.6 Å². The van der Waals surface area contributed by atoms with Crippen LogP contribution in [0.3, 0.4) is 0 Å². The highest BCUT2D eigenvalue weighted by Crippen LogP contribution is 2.21. The fraction of sp³-hybridized carbons (Fsp3) is 0.417. The summed E-state index contributed by atoms with van der Waals surface area (Å²) in [5, 5.41) is 3.04. The Labute approximate surface area is 95.5 Å². The zero-order valence-corrected chi connectivity index (χ0v) is 9.47. The van der Waals surface area contributed by atoms with Crippen molar-refractivity contribution in [2.45, 2.75) is 25.3 Å². The monoisotopic (exact) mass is 221 g/mol. The minimum absolute atomic E-state index is 0.114. The van der Waals surface area contributed by atoms with E-state index in [9.17, 15) is 4.79 Å². The lowest BCUT2D eigenvalue weighted by Crippen LogP contribution is -2.35. The predicted molar refractivity (Wildman–Crippen MR) is 64.3 cm³/mol. The van der Waals surface area contributed by atoms with Crippen LogP contribution in [0, 0.1) is 0 Å². The average molecular weight is 221 g/mol. The van der Waals surface area contributed by atoms with Crippen LogP contribution in [-0.4, -0.2) is 17.7 Å². The van der Waals surface area contributed by atoms with Gasteiger partial charge in [0.25, 0.3) is 0 Å². The smallest absolute Gasteiger partial charge is 0.221 e. The molecule has 1 aliphatic carbocycles. The highest BCUT2D eigenvalue weighted by Gasteiger charge is 2.21. The third-order valence-corrected chi connectivity index (χ3v) is 2.98. The van der Waals surface area contributed by atoms with E-state index in [1.54, 1.807) is 0 Å². The Balaban J connectivity index is 1.93. The molecular formula is C12H15NOS. The first-order valence-corrected chi connectivity index (χ1v) is 5.90. The second-order valence-corrected chi connectivity index (χ2v) is 4.36. The van der Waals surface area contributed by atoms with Crippen molar-refractivity contribution in [1.82, 2.24) is 5.32 Å². The summed E-state index contributed by atoms with van der Waals surface area (Å²) in [6, 6.07) is 8.67. The largest absolute Gasteiger partial charge is 0.353 e. The number of benzene rings is 1. The number of nitrogens with one attached hydrogen (secondary N) is 1. The van der Waals surface area contributed by atoms with Crippen LogP contribution in [0.2, 0.25) is 0 Å². The molecule has 0 radical (unpaired) electrons. The Hall–Kier alpha value is -0.960. The van der Waals surface area contributed by atoms with Crippen molar-refractivity contribution in [3.63, 3.8) is 0 Å². The molecule has 0 saturated heterocycles. The first-order chi connectivity index (χ1) is 7.29. The molecule has 1 aromatic carbocycles. The Morgan fingerprint density at radius 3 is 2.47 bits per heavy atom. The van der Waals surface area contributed by atoms with E-state index in [0.717, 1.165) is 12.8 Å². The lowest BCUT2D eigenvalue weighted by Gasteiger charge is -2.10. The summed E-state index contributed by atoms with van der Waals surface area (Å²) in [5.41, 5.74) is 2.74. The van der Waals surface area contributed by atoms with Crippen LogP contribution >= 0.6 is 12.6 Å². The molecule has 2 rings (SSSR count). The minimum Gasteiger partial charge on any atom is -0.353 e. The van der Waals surface area contributed by atoms with Crippen molar-refractivity contribution >= 4 is 18.5 Å². The van der Waals surface area contributed by atoms with Crippen LogP contribution < -0.4 is 5.32 Å². The molecule has 1 aromatic rings. The van der Waals surface area contributed by atoms with Crippen LogP contribution in [0.25, 0.3) is 0 Å². The van der Waals surface area contributed by atoms with Gasteiger partial charge in [-0.3, -0.25) is 4.79 Å². The van der Waals surface area contributed by atoms with Crippen LogP contribution in [0.15, 0.2) is 24.3 Å². The molecule has 1 aliphatic rings. The molecule has 1 N–H and O–H groups in total. The van der Waals surface area contributed by atoms with Gasteiger partial charge in [-0.15, -0.1) is 0 Å².